The summed E-state index contributed by atoms with van der Waals surface area (Å²) in [6.07, 6.45) is -3.42. The Morgan fingerprint density at radius 3 is 2.15 bits per heavy atom. The molecule has 2 rings (SSSR count). The summed E-state index contributed by atoms with van der Waals surface area (Å²) < 4.78 is 62.0. The SMILES string of the molecule is CS(=O)(=O)c1ccc(-n2nc(C(F)(F)F)c[c]2[AlH2])cc1. The van der Waals surface area contributed by atoms with Crippen LogP contribution in [0, 0.1) is 0 Å². The Bertz CT molecular complexity index is 736. The first-order valence-corrected chi connectivity index (χ1v) is 8.42. The van der Waals surface area contributed by atoms with Crippen molar-refractivity contribution in [2.75, 3.05) is 6.26 Å². The predicted molar refractivity (Wildman–Crippen MR) is 69.9 cm³/mol. The van der Waals surface area contributed by atoms with E-state index in [2.05, 4.69) is 5.10 Å². The van der Waals surface area contributed by atoms with Crippen LogP contribution >= 0.6 is 0 Å². The molecule has 0 radical (unpaired) electrons. The number of nitrogens with zero attached hydrogens (tertiary/aromatic N) is 2. The quantitative estimate of drug-likeness (QED) is 0.760. The van der Waals surface area contributed by atoms with E-state index in [0.717, 1.165) is 12.3 Å². The maximum Gasteiger partial charge on any atom is 0.435 e. The number of sulfone groups is 1. The average molecular weight is 318 g/mol. The molecule has 0 bridgehead atoms. The lowest BCUT2D eigenvalue weighted by Gasteiger charge is -2.06. The van der Waals surface area contributed by atoms with Gasteiger partial charge in [-0.3, -0.25) is 4.68 Å². The van der Waals surface area contributed by atoms with Crippen LogP contribution in [-0.2, 0) is 16.0 Å². The van der Waals surface area contributed by atoms with E-state index in [1.807, 2.05) is 0 Å². The van der Waals surface area contributed by atoms with Crippen molar-refractivity contribution in [1.82, 2.24) is 9.78 Å². The largest absolute Gasteiger partial charge is 0.435 e. The summed E-state index contributed by atoms with van der Waals surface area (Å²) in [4.78, 5) is 0.111. The van der Waals surface area contributed by atoms with Gasteiger partial charge in [0.2, 0.25) is 0 Å². The third kappa shape index (κ3) is 3.06. The van der Waals surface area contributed by atoms with Crippen LogP contribution < -0.4 is 4.56 Å². The zero-order chi connectivity index (χ0) is 15.1. The van der Waals surface area contributed by atoms with Gasteiger partial charge in [0.1, 0.15) is 0 Å². The third-order valence-corrected chi connectivity index (χ3v) is 4.53. The Morgan fingerprint density at radius 2 is 1.75 bits per heavy atom. The molecule has 0 aliphatic carbocycles. The first-order valence-electron chi connectivity index (χ1n) is 5.53. The van der Waals surface area contributed by atoms with Crippen molar-refractivity contribution in [3.05, 3.63) is 36.0 Å². The van der Waals surface area contributed by atoms with Crippen LogP contribution in [0.2, 0.25) is 0 Å². The minimum atomic E-state index is -4.49. The highest BCUT2D eigenvalue weighted by molar-refractivity contribution is 7.90. The lowest BCUT2D eigenvalue weighted by Crippen LogP contribution is -2.16. The maximum absolute atomic E-state index is 12.6. The summed E-state index contributed by atoms with van der Waals surface area (Å²) in [7, 11) is -3.33. The molecule has 9 heteroatoms. The highest BCUT2D eigenvalue weighted by atomic mass is 32.2. The number of rotatable bonds is 2. The second-order valence-corrected chi connectivity index (χ2v) is 7.39. The molecule has 2 aromatic rings. The van der Waals surface area contributed by atoms with Crippen molar-refractivity contribution in [2.45, 2.75) is 11.1 Å². The molecule has 0 unspecified atom stereocenters. The van der Waals surface area contributed by atoms with Gasteiger partial charge in [-0.25, -0.2) is 8.42 Å². The summed E-state index contributed by atoms with van der Waals surface area (Å²) in [5.74, 6) is 0. The molecule has 0 fully saturated rings. The van der Waals surface area contributed by atoms with Gasteiger partial charge in [-0.2, -0.15) is 18.3 Å². The van der Waals surface area contributed by atoms with E-state index in [0.29, 0.717) is 26.5 Å². The minimum absolute atomic E-state index is 0.111. The molecule has 4 nitrogen and oxygen atoms in total. The lowest BCUT2D eigenvalue weighted by atomic mass is 10.3. The Labute approximate surface area is 121 Å². The summed E-state index contributed by atoms with van der Waals surface area (Å²) in [6, 6.07) is 6.56. The normalized spacial score (nSPS) is 12.6. The van der Waals surface area contributed by atoms with Gasteiger partial charge in [0.05, 0.1) is 10.6 Å². The van der Waals surface area contributed by atoms with E-state index in [9.17, 15) is 21.6 Å². The van der Waals surface area contributed by atoms with Crippen molar-refractivity contribution in [2.24, 2.45) is 0 Å². The van der Waals surface area contributed by atoms with Gasteiger partial charge in [0.15, 0.2) is 15.5 Å². The van der Waals surface area contributed by atoms with E-state index in [-0.39, 0.29) is 4.90 Å². The molecule has 0 amide bonds. The third-order valence-electron chi connectivity index (χ3n) is 2.69. The van der Waals surface area contributed by atoms with Crippen LogP contribution in [0.25, 0.3) is 5.69 Å². The van der Waals surface area contributed by atoms with Gasteiger partial charge in [-0.15, -0.1) is 0 Å². The Kier molecular flexibility index (Phi) is 3.71. The van der Waals surface area contributed by atoms with Crippen molar-refractivity contribution in [3.8, 4) is 5.69 Å². The van der Waals surface area contributed by atoms with Gasteiger partial charge in [-0.1, -0.05) is 0 Å². The van der Waals surface area contributed by atoms with Crippen LogP contribution in [0.5, 0.6) is 0 Å². The zero-order valence-electron chi connectivity index (χ0n) is 10.6. The fraction of sp³-hybridized carbons (Fsp3) is 0.182. The van der Waals surface area contributed by atoms with Crippen molar-refractivity contribution < 1.29 is 21.6 Å². The molecule has 1 aromatic carbocycles. The highest BCUT2D eigenvalue weighted by Crippen LogP contribution is 2.27. The number of hydrogen-bond donors (Lipinski definition) is 0. The summed E-state index contributed by atoms with van der Waals surface area (Å²) in [6.45, 7) is 0. The molecule has 1 aromatic heterocycles. The molecular weight excluding hydrogens is 308 g/mol. The Balaban J connectivity index is 2.45. The van der Waals surface area contributed by atoms with Crippen LogP contribution in [0.3, 0.4) is 0 Å². The molecule has 0 saturated carbocycles. The highest BCUT2D eigenvalue weighted by Gasteiger charge is 2.34. The van der Waals surface area contributed by atoms with E-state index >= 15 is 0 Å². The zero-order valence-corrected chi connectivity index (χ0v) is 13.5. The monoisotopic (exact) mass is 318 g/mol. The van der Waals surface area contributed by atoms with Crippen LogP contribution in [0.1, 0.15) is 5.69 Å². The second-order valence-electron chi connectivity index (χ2n) is 4.35. The Hall–Kier alpha value is -1.30. The maximum atomic E-state index is 12.6. The molecule has 0 aliphatic rings. The Morgan fingerprint density at radius 1 is 1.20 bits per heavy atom. The first kappa shape index (κ1) is 15.1. The number of aromatic nitrogens is 2. The molecule has 1 heterocycles. The number of benzene rings is 1. The van der Waals surface area contributed by atoms with Crippen LogP contribution in [0.15, 0.2) is 35.2 Å². The van der Waals surface area contributed by atoms with E-state index in [1.165, 1.54) is 28.9 Å². The van der Waals surface area contributed by atoms with Crippen LogP contribution in [-0.4, -0.2) is 40.7 Å². The molecule has 106 valence electrons. The fourth-order valence-electron chi connectivity index (χ4n) is 1.71. The molecule has 0 saturated heterocycles. The molecule has 0 atom stereocenters. The van der Waals surface area contributed by atoms with Crippen molar-refractivity contribution >= 4 is 30.7 Å². The van der Waals surface area contributed by atoms with Crippen molar-refractivity contribution in [1.29, 1.82) is 0 Å². The van der Waals surface area contributed by atoms with E-state index in [4.69, 9.17) is 0 Å². The summed E-state index contributed by atoms with van der Waals surface area (Å²) >= 11 is 0.386. The molecular formula is C11H10AlF3N2O2S. The van der Waals surface area contributed by atoms with Crippen LogP contribution in [0.4, 0.5) is 13.2 Å². The molecule has 0 spiro atoms. The smallest absolute Gasteiger partial charge is 0.255 e. The lowest BCUT2D eigenvalue weighted by molar-refractivity contribution is -0.141. The van der Waals surface area contributed by atoms with Crippen molar-refractivity contribution in [3.63, 3.8) is 0 Å². The van der Waals surface area contributed by atoms with E-state index < -0.39 is 21.7 Å². The fourth-order valence-corrected chi connectivity index (χ4v) is 2.97. The number of hydrogen-bond acceptors (Lipinski definition) is 3. The summed E-state index contributed by atoms with van der Waals surface area (Å²) in [5.41, 5.74) is -0.549. The predicted octanol–water partition coefficient (Wildman–Crippen LogP) is 0.553. The molecule has 20 heavy (non-hydrogen) atoms. The van der Waals surface area contributed by atoms with Gasteiger partial charge < -0.3 is 0 Å². The van der Waals surface area contributed by atoms with E-state index in [1.54, 1.807) is 0 Å². The topological polar surface area (TPSA) is 52.0 Å². The second kappa shape index (κ2) is 4.91. The first-order chi connectivity index (χ1) is 9.09. The van der Waals surface area contributed by atoms with Gasteiger partial charge in [0, 0.05) is 6.26 Å². The number of halogens is 3. The number of alkyl halides is 3. The molecule has 0 N–H and O–H groups in total. The van der Waals surface area contributed by atoms with Gasteiger partial charge in [0.25, 0.3) is 16.3 Å². The molecule has 0 aliphatic heterocycles. The summed E-state index contributed by atoms with van der Waals surface area (Å²) in [5, 5.41) is 3.52. The van der Waals surface area contributed by atoms with Gasteiger partial charge >= 0.3 is 6.18 Å². The standard InChI is InChI=1S/C11H8F3N2O2S.Al.2H/c1-19(17,18)9-4-2-8(3-5-9)16-7-6-10(15-16)11(12,13)14;;;/h2-6H,1H3;;;. The average Bonchev–Trinajstić information content (AvgIpc) is 2.70. The minimum Gasteiger partial charge on any atom is -0.255 e. The van der Waals surface area contributed by atoms with Gasteiger partial charge in [-0.05, 0) is 34.9 Å².